The Kier molecular flexibility index (Phi) is 7.25. The number of rotatable bonds is 7. The van der Waals surface area contributed by atoms with E-state index in [9.17, 15) is 4.39 Å². The van der Waals surface area contributed by atoms with Gasteiger partial charge in [-0.25, -0.2) is 4.39 Å². The summed E-state index contributed by atoms with van der Waals surface area (Å²) in [5.41, 5.74) is 0. The average molecular weight is 391 g/mol. The van der Waals surface area contributed by atoms with Crippen molar-refractivity contribution in [3.8, 4) is 5.75 Å². The molecule has 3 nitrogen and oxygen atoms in total. The van der Waals surface area contributed by atoms with Gasteiger partial charge in [0.1, 0.15) is 11.6 Å². The third kappa shape index (κ3) is 5.70. The Morgan fingerprint density at radius 1 is 0.750 bits per heavy atom. The van der Waals surface area contributed by atoms with Crippen LogP contribution < -0.4 is 4.74 Å². The molecule has 156 valence electrons. The summed E-state index contributed by atoms with van der Waals surface area (Å²) < 4.78 is 30.0. The molecule has 0 unspecified atom stereocenters. The Labute approximate surface area is 168 Å². The number of hydrogen-bond donors (Lipinski definition) is 0. The van der Waals surface area contributed by atoms with Gasteiger partial charge in [0.25, 0.3) is 0 Å². The topological polar surface area (TPSA) is 27.7 Å². The van der Waals surface area contributed by atoms with E-state index in [1.54, 1.807) is 12.1 Å². The van der Waals surface area contributed by atoms with Gasteiger partial charge in [-0.15, -0.1) is 0 Å². The Morgan fingerprint density at radius 3 is 1.93 bits per heavy atom. The van der Waals surface area contributed by atoms with Crippen LogP contribution in [0.15, 0.2) is 24.3 Å². The molecule has 1 aliphatic heterocycles. The highest BCUT2D eigenvalue weighted by atomic mass is 19.1. The highest BCUT2D eigenvalue weighted by molar-refractivity contribution is 5.22. The van der Waals surface area contributed by atoms with Gasteiger partial charge in [0, 0.05) is 0 Å². The number of halogens is 1. The molecule has 1 saturated heterocycles. The van der Waals surface area contributed by atoms with Gasteiger partial charge >= 0.3 is 0 Å². The molecule has 0 amide bonds. The second kappa shape index (κ2) is 10.1. The van der Waals surface area contributed by atoms with E-state index in [2.05, 4.69) is 0 Å². The van der Waals surface area contributed by atoms with Crippen LogP contribution in [-0.2, 0) is 9.47 Å². The van der Waals surface area contributed by atoms with Crippen molar-refractivity contribution >= 4 is 0 Å². The van der Waals surface area contributed by atoms with Gasteiger partial charge < -0.3 is 14.2 Å². The number of benzene rings is 1. The summed E-state index contributed by atoms with van der Waals surface area (Å²) in [6.07, 6.45) is 13.3. The molecule has 0 N–H and O–H groups in total. The van der Waals surface area contributed by atoms with Gasteiger partial charge in [-0.1, -0.05) is 12.8 Å². The molecule has 0 atom stereocenters. The van der Waals surface area contributed by atoms with E-state index < -0.39 is 0 Å². The quantitative estimate of drug-likeness (QED) is 0.574. The maximum Gasteiger partial charge on any atom is 0.157 e. The summed E-state index contributed by atoms with van der Waals surface area (Å²) in [7, 11) is 0. The maximum atomic E-state index is 13.0. The molecular formula is C24H35FO3. The molecule has 1 aromatic carbocycles. The zero-order valence-corrected chi connectivity index (χ0v) is 17.0. The monoisotopic (exact) mass is 390 g/mol. The van der Waals surface area contributed by atoms with Crippen LogP contribution in [0, 0.1) is 29.5 Å². The third-order valence-corrected chi connectivity index (χ3v) is 7.25. The summed E-state index contributed by atoms with van der Waals surface area (Å²) in [5, 5.41) is 0. The fourth-order valence-corrected chi connectivity index (χ4v) is 5.47. The number of hydrogen-bond acceptors (Lipinski definition) is 3. The lowest BCUT2D eigenvalue weighted by Crippen LogP contribution is -2.27. The van der Waals surface area contributed by atoms with Crippen molar-refractivity contribution in [1.82, 2.24) is 0 Å². The lowest BCUT2D eigenvalue weighted by atomic mass is 9.69. The average Bonchev–Trinajstić information content (AvgIpc) is 3.26. The minimum Gasteiger partial charge on any atom is -0.493 e. The molecule has 0 aromatic heterocycles. The zero-order chi connectivity index (χ0) is 19.2. The minimum atomic E-state index is -0.206. The summed E-state index contributed by atoms with van der Waals surface area (Å²) in [5.74, 6) is 3.98. The predicted molar refractivity (Wildman–Crippen MR) is 108 cm³/mol. The van der Waals surface area contributed by atoms with E-state index in [0.29, 0.717) is 5.92 Å². The van der Waals surface area contributed by atoms with Crippen molar-refractivity contribution in [2.24, 2.45) is 23.7 Å². The molecule has 4 rings (SSSR count). The van der Waals surface area contributed by atoms with E-state index in [0.717, 1.165) is 49.7 Å². The van der Waals surface area contributed by atoms with E-state index >= 15 is 0 Å². The molecule has 0 bridgehead atoms. The molecule has 1 aromatic rings. The van der Waals surface area contributed by atoms with Gasteiger partial charge in [0.2, 0.25) is 0 Å². The second-order valence-corrected chi connectivity index (χ2v) is 9.08. The SMILES string of the molecule is Fc1ccc(OCC2CCC(C3CCC(CCC4OCCO4)CC3)CC2)cc1. The van der Waals surface area contributed by atoms with Gasteiger partial charge in [-0.2, -0.15) is 0 Å². The minimum absolute atomic E-state index is 0.0742. The smallest absolute Gasteiger partial charge is 0.157 e. The van der Waals surface area contributed by atoms with Crippen LogP contribution in [0.3, 0.4) is 0 Å². The highest BCUT2D eigenvalue weighted by Crippen LogP contribution is 2.42. The van der Waals surface area contributed by atoms with Crippen molar-refractivity contribution in [2.45, 2.75) is 70.5 Å². The van der Waals surface area contributed by atoms with E-state index in [4.69, 9.17) is 14.2 Å². The highest BCUT2D eigenvalue weighted by Gasteiger charge is 2.31. The van der Waals surface area contributed by atoms with Crippen molar-refractivity contribution in [3.63, 3.8) is 0 Å². The third-order valence-electron chi connectivity index (χ3n) is 7.25. The molecule has 0 radical (unpaired) electrons. The van der Waals surface area contributed by atoms with Crippen LogP contribution in [0.25, 0.3) is 0 Å². The first-order valence-corrected chi connectivity index (χ1v) is 11.4. The molecule has 0 spiro atoms. The number of ether oxygens (including phenoxy) is 3. The van der Waals surface area contributed by atoms with Crippen molar-refractivity contribution in [1.29, 1.82) is 0 Å². The molecule has 2 aliphatic carbocycles. The predicted octanol–water partition coefficient (Wildman–Crippen LogP) is 5.97. The van der Waals surface area contributed by atoms with E-state index in [-0.39, 0.29) is 12.1 Å². The van der Waals surface area contributed by atoms with Crippen LogP contribution in [0.2, 0.25) is 0 Å². The Morgan fingerprint density at radius 2 is 1.32 bits per heavy atom. The molecule has 3 fully saturated rings. The second-order valence-electron chi connectivity index (χ2n) is 9.08. The van der Waals surface area contributed by atoms with Crippen LogP contribution in [0.1, 0.15) is 64.2 Å². The Hall–Kier alpha value is -1.13. The summed E-state index contributed by atoms with van der Waals surface area (Å²) in [4.78, 5) is 0. The van der Waals surface area contributed by atoms with Crippen LogP contribution >= 0.6 is 0 Å². The van der Waals surface area contributed by atoms with E-state index in [1.165, 1.54) is 69.9 Å². The summed E-state index contributed by atoms with van der Waals surface area (Å²) >= 11 is 0. The summed E-state index contributed by atoms with van der Waals surface area (Å²) in [6.45, 7) is 2.32. The van der Waals surface area contributed by atoms with Gasteiger partial charge in [0.05, 0.1) is 19.8 Å². The van der Waals surface area contributed by atoms with Crippen molar-refractivity contribution in [3.05, 3.63) is 30.1 Å². The normalized spacial score (nSPS) is 31.8. The Balaban J connectivity index is 1.11. The standard InChI is InChI=1S/C24H35FO3/c25-22-10-12-23(13-11-22)28-17-19-3-8-21(9-4-19)20-6-1-18(2-7-20)5-14-24-26-15-16-27-24/h10-13,18-21,24H,1-9,14-17H2. The first-order valence-electron chi connectivity index (χ1n) is 11.4. The molecular weight excluding hydrogens is 355 g/mol. The molecule has 4 heteroatoms. The van der Waals surface area contributed by atoms with Crippen LogP contribution in [0.4, 0.5) is 4.39 Å². The van der Waals surface area contributed by atoms with Gasteiger partial charge in [0.15, 0.2) is 6.29 Å². The lowest BCUT2D eigenvalue weighted by Gasteiger charge is -2.38. The molecule has 2 saturated carbocycles. The molecule has 1 heterocycles. The molecule has 28 heavy (non-hydrogen) atoms. The fraction of sp³-hybridized carbons (Fsp3) is 0.750. The fourth-order valence-electron chi connectivity index (χ4n) is 5.47. The van der Waals surface area contributed by atoms with Crippen molar-refractivity contribution in [2.75, 3.05) is 19.8 Å². The maximum absolute atomic E-state index is 13.0. The van der Waals surface area contributed by atoms with Crippen LogP contribution in [0.5, 0.6) is 5.75 Å². The summed E-state index contributed by atoms with van der Waals surface area (Å²) in [6, 6.07) is 6.39. The Bertz CT molecular complexity index is 568. The first-order chi connectivity index (χ1) is 13.8. The van der Waals surface area contributed by atoms with E-state index in [1.807, 2.05) is 0 Å². The van der Waals surface area contributed by atoms with Crippen LogP contribution in [-0.4, -0.2) is 26.1 Å². The zero-order valence-electron chi connectivity index (χ0n) is 17.0. The largest absolute Gasteiger partial charge is 0.493 e. The van der Waals surface area contributed by atoms with Crippen molar-refractivity contribution < 1.29 is 18.6 Å². The van der Waals surface area contributed by atoms with Gasteiger partial charge in [-0.3, -0.25) is 0 Å². The molecule has 3 aliphatic rings. The first kappa shape index (κ1) is 20.2. The van der Waals surface area contributed by atoms with Gasteiger partial charge in [-0.05, 0) is 99.3 Å². The lowest BCUT2D eigenvalue weighted by molar-refractivity contribution is -0.0514.